The molecule has 1 aromatic carbocycles. The third kappa shape index (κ3) is 3.76. The van der Waals surface area contributed by atoms with E-state index in [1.54, 1.807) is 4.90 Å². The maximum absolute atomic E-state index is 12.5. The molecule has 0 saturated carbocycles. The monoisotopic (exact) mass is 413 g/mol. The van der Waals surface area contributed by atoms with Crippen LogP contribution < -0.4 is 4.90 Å². The number of aromatic nitrogens is 1. The smallest absolute Gasteiger partial charge is 0.266 e. The van der Waals surface area contributed by atoms with Crippen molar-refractivity contribution >= 4 is 46.0 Å². The van der Waals surface area contributed by atoms with E-state index in [1.165, 1.54) is 17.4 Å². The van der Waals surface area contributed by atoms with Crippen LogP contribution in [0.2, 0.25) is 0 Å². The molecule has 1 fully saturated rings. The molecule has 3 rings (SSSR count). The number of benzene rings is 1. The Hall–Kier alpha value is -2.05. The molecular formula is C22H27N3OS2. The van der Waals surface area contributed by atoms with Gasteiger partial charge in [-0.25, -0.2) is 0 Å². The minimum absolute atomic E-state index is 0.00544. The second kappa shape index (κ2) is 8.53. The molecule has 0 atom stereocenters. The summed E-state index contributed by atoms with van der Waals surface area (Å²) < 4.78 is 2.87. The SMILES string of the molecule is CCN1C(=O)C(=Cc2cc(C)n(-c3ccc(N(CC)CC)cc3)c2C)SC1=S. The highest BCUT2D eigenvalue weighted by molar-refractivity contribution is 8.26. The summed E-state index contributed by atoms with van der Waals surface area (Å²) in [5.41, 5.74) is 5.69. The first-order chi connectivity index (χ1) is 13.4. The van der Waals surface area contributed by atoms with E-state index in [2.05, 4.69) is 67.5 Å². The van der Waals surface area contributed by atoms with Gasteiger partial charge in [0.05, 0.1) is 4.91 Å². The van der Waals surface area contributed by atoms with Crippen LogP contribution in [0.4, 0.5) is 5.69 Å². The van der Waals surface area contributed by atoms with Crippen LogP contribution in [0.1, 0.15) is 37.7 Å². The predicted octanol–water partition coefficient (Wildman–Crippen LogP) is 5.16. The van der Waals surface area contributed by atoms with Crippen molar-refractivity contribution in [3.8, 4) is 5.69 Å². The molecule has 1 amide bonds. The second-order valence-electron chi connectivity index (χ2n) is 6.78. The van der Waals surface area contributed by atoms with Crippen molar-refractivity contribution in [2.45, 2.75) is 34.6 Å². The first-order valence-electron chi connectivity index (χ1n) is 9.70. The van der Waals surface area contributed by atoms with E-state index < -0.39 is 0 Å². The molecule has 28 heavy (non-hydrogen) atoms. The van der Waals surface area contributed by atoms with Crippen molar-refractivity contribution in [1.82, 2.24) is 9.47 Å². The Labute approximate surface area is 177 Å². The molecule has 0 aliphatic carbocycles. The fourth-order valence-corrected chi connectivity index (χ4v) is 5.02. The summed E-state index contributed by atoms with van der Waals surface area (Å²) in [6.07, 6.45) is 1.97. The number of anilines is 1. The average molecular weight is 414 g/mol. The number of thiocarbonyl (C=S) groups is 1. The lowest BCUT2D eigenvalue weighted by Crippen LogP contribution is -2.27. The van der Waals surface area contributed by atoms with Crippen LogP contribution in [-0.2, 0) is 4.79 Å². The number of hydrogen-bond donors (Lipinski definition) is 0. The summed E-state index contributed by atoms with van der Waals surface area (Å²) in [4.78, 5) is 17.2. The molecule has 4 nitrogen and oxygen atoms in total. The Morgan fingerprint density at radius 3 is 2.29 bits per heavy atom. The molecule has 1 saturated heterocycles. The molecule has 0 bridgehead atoms. The predicted molar refractivity (Wildman–Crippen MR) is 124 cm³/mol. The highest BCUT2D eigenvalue weighted by Gasteiger charge is 2.30. The van der Waals surface area contributed by atoms with Gasteiger partial charge in [-0.1, -0.05) is 24.0 Å². The van der Waals surface area contributed by atoms with Gasteiger partial charge in [0.15, 0.2) is 0 Å². The molecule has 2 aromatic rings. The van der Waals surface area contributed by atoms with Gasteiger partial charge in [0.25, 0.3) is 5.91 Å². The van der Waals surface area contributed by atoms with Gasteiger partial charge in [-0.05, 0) is 76.6 Å². The lowest BCUT2D eigenvalue weighted by Gasteiger charge is -2.21. The van der Waals surface area contributed by atoms with E-state index in [9.17, 15) is 4.79 Å². The van der Waals surface area contributed by atoms with Crippen molar-refractivity contribution < 1.29 is 4.79 Å². The summed E-state index contributed by atoms with van der Waals surface area (Å²) in [6.45, 7) is 13.1. The number of hydrogen-bond acceptors (Lipinski definition) is 4. The molecular weight excluding hydrogens is 386 g/mol. The minimum Gasteiger partial charge on any atom is -0.372 e. The molecule has 0 spiro atoms. The van der Waals surface area contributed by atoms with Gasteiger partial charge in [0.1, 0.15) is 4.32 Å². The van der Waals surface area contributed by atoms with E-state index in [0.29, 0.717) is 15.8 Å². The summed E-state index contributed by atoms with van der Waals surface area (Å²) in [5, 5.41) is 0. The van der Waals surface area contributed by atoms with Gasteiger partial charge in [-0.15, -0.1) is 0 Å². The number of aryl methyl sites for hydroxylation is 1. The normalized spacial score (nSPS) is 15.8. The van der Waals surface area contributed by atoms with Crippen molar-refractivity contribution in [2.24, 2.45) is 0 Å². The van der Waals surface area contributed by atoms with Crippen LogP contribution >= 0.6 is 24.0 Å². The van der Waals surface area contributed by atoms with Crippen LogP contribution in [0.25, 0.3) is 11.8 Å². The summed E-state index contributed by atoms with van der Waals surface area (Å²) in [7, 11) is 0. The lowest BCUT2D eigenvalue weighted by molar-refractivity contribution is -0.121. The minimum atomic E-state index is 0.00544. The summed E-state index contributed by atoms with van der Waals surface area (Å²) >= 11 is 6.71. The fraction of sp³-hybridized carbons (Fsp3) is 0.364. The van der Waals surface area contributed by atoms with Gasteiger partial charge in [-0.2, -0.15) is 0 Å². The van der Waals surface area contributed by atoms with Gasteiger partial charge in [0.2, 0.25) is 0 Å². The van der Waals surface area contributed by atoms with Crippen LogP contribution in [0.3, 0.4) is 0 Å². The zero-order valence-electron chi connectivity index (χ0n) is 17.2. The Bertz CT molecular complexity index is 924. The first-order valence-corrected chi connectivity index (χ1v) is 10.9. The summed E-state index contributed by atoms with van der Waals surface area (Å²) in [5.74, 6) is 0.00544. The number of amides is 1. The van der Waals surface area contributed by atoms with E-state index >= 15 is 0 Å². The molecule has 6 heteroatoms. The van der Waals surface area contributed by atoms with E-state index in [1.807, 2.05) is 13.0 Å². The maximum atomic E-state index is 12.5. The van der Waals surface area contributed by atoms with Gasteiger partial charge < -0.3 is 9.47 Å². The number of carbonyl (C=O) groups excluding carboxylic acids is 1. The third-order valence-electron chi connectivity index (χ3n) is 5.18. The standard InChI is InChI=1S/C22H27N3OS2/c1-6-23(7-2)18-9-11-19(12-10-18)25-15(4)13-17(16(25)5)14-20-21(26)24(8-3)22(27)28-20/h9-14H,6-8H2,1-5H3. The van der Waals surface area contributed by atoms with Gasteiger partial charge in [-0.3, -0.25) is 9.69 Å². The zero-order valence-corrected chi connectivity index (χ0v) is 18.8. The lowest BCUT2D eigenvalue weighted by atomic mass is 10.2. The second-order valence-corrected chi connectivity index (χ2v) is 8.45. The van der Waals surface area contributed by atoms with Crippen molar-refractivity contribution in [3.63, 3.8) is 0 Å². The highest BCUT2D eigenvalue weighted by atomic mass is 32.2. The Morgan fingerprint density at radius 2 is 1.75 bits per heavy atom. The van der Waals surface area contributed by atoms with Gasteiger partial charge >= 0.3 is 0 Å². The third-order valence-corrected chi connectivity index (χ3v) is 6.56. The Morgan fingerprint density at radius 1 is 1.11 bits per heavy atom. The molecule has 148 valence electrons. The van der Waals surface area contributed by atoms with Crippen LogP contribution in [-0.4, -0.2) is 39.3 Å². The van der Waals surface area contributed by atoms with Gasteiger partial charge in [0, 0.05) is 42.4 Å². The molecule has 0 N–H and O–H groups in total. The number of nitrogens with zero attached hydrogens (tertiary/aromatic N) is 3. The molecule has 1 aliphatic heterocycles. The van der Waals surface area contributed by atoms with Crippen molar-refractivity contribution in [3.05, 3.63) is 52.2 Å². The van der Waals surface area contributed by atoms with Crippen LogP contribution in [0, 0.1) is 13.8 Å². The van der Waals surface area contributed by atoms with E-state index in [0.717, 1.165) is 35.7 Å². The fourth-order valence-electron chi connectivity index (χ4n) is 3.65. The number of carbonyl (C=O) groups is 1. The molecule has 0 radical (unpaired) electrons. The summed E-state index contributed by atoms with van der Waals surface area (Å²) in [6, 6.07) is 10.8. The number of thioether (sulfide) groups is 1. The Kier molecular flexibility index (Phi) is 6.30. The van der Waals surface area contributed by atoms with Crippen LogP contribution in [0.5, 0.6) is 0 Å². The largest absolute Gasteiger partial charge is 0.372 e. The van der Waals surface area contributed by atoms with E-state index in [-0.39, 0.29) is 5.91 Å². The van der Waals surface area contributed by atoms with Crippen molar-refractivity contribution in [2.75, 3.05) is 24.5 Å². The zero-order chi connectivity index (χ0) is 20.4. The molecule has 2 heterocycles. The topological polar surface area (TPSA) is 28.5 Å². The molecule has 0 unspecified atom stereocenters. The number of likely N-dealkylation sites (N-methyl/N-ethyl adjacent to an activating group) is 1. The number of rotatable bonds is 6. The quantitative estimate of drug-likeness (QED) is 0.483. The highest BCUT2D eigenvalue weighted by Crippen LogP contribution is 2.34. The van der Waals surface area contributed by atoms with Crippen LogP contribution in [0.15, 0.2) is 35.2 Å². The average Bonchev–Trinajstić information content (AvgIpc) is 3.11. The maximum Gasteiger partial charge on any atom is 0.266 e. The first kappa shape index (κ1) is 20.7. The van der Waals surface area contributed by atoms with Crippen molar-refractivity contribution in [1.29, 1.82) is 0 Å². The molecule has 1 aliphatic rings. The molecule has 1 aromatic heterocycles. The van der Waals surface area contributed by atoms with E-state index in [4.69, 9.17) is 12.2 Å². The Balaban J connectivity index is 1.94.